The van der Waals surface area contributed by atoms with Crippen LogP contribution in [0.4, 0.5) is 0 Å². The maximum atomic E-state index is 13.0. The van der Waals surface area contributed by atoms with Gasteiger partial charge in [0.1, 0.15) is 5.76 Å². The highest BCUT2D eigenvalue weighted by molar-refractivity contribution is 5.92. The van der Waals surface area contributed by atoms with Crippen LogP contribution in [0.5, 0.6) is 0 Å². The monoisotopic (exact) mass is 355 g/mol. The van der Waals surface area contributed by atoms with Crippen molar-refractivity contribution in [2.24, 2.45) is 0 Å². The Morgan fingerprint density at radius 1 is 1.38 bits per heavy atom. The predicted molar refractivity (Wildman–Crippen MR) is 93.9 cm³/mol. The van der Waals surface area contributed by atoms with E-state index in [0.717, 1.165) is 37.9 Å². The third-order valence-electron chi connectivity index (χ3n) is 4.78. The van der Waals surface area contributed by atoms with Crippen LogP contribution in [0, 0.1) is 0 Å². The van der Waals surface area contributed by atoms with Gasteiger partial charge in [0.05, 0.1) is 11.7 Å². The maximum absolute atomic E-state index is 13.0. The summed E-state index contributed by atoms with van der Waals surface area (Å²) in [6.07, 6.45) is 6.04. The van der Waals surface area contributed by atoms with Crippen LogP contribution in [0.15, 0.2) is 33.7 Å². The number of carbonyl (C=O) groups is 1. The summed E-state index contributed by atoms with van der Waals surface area (Å²) in [5, 5.41) is 6.77. The van der Waals surface area contributed by atoms with Crippen molar-refractivity contribution < 1.29 is 9.32 Å². The second-order valence-electron chi connectivity index (χ2n) is 6.61. The fourth-order valence-corrected chi connectivity index (χ4v) is 3.52. The Labute approximate surface area is 149 Å². The number of aromatic amines is 1. The van der Waals surface area contributed by atoms with Gasteiger partial charge < -0.3 is 9.42 Å². The zero-order chi connectivity index (χ0) is 18.1. The molecule has 26 heavy (non-hydrogen) atoms. The highest BCUT2D eigenvalue weighted by atomic mass is 16.5. The van der Waals surface area contributed by atoms with Gasteiger partial charge in [-0.3, -0.25) is 14.7 Å². The number of aryl methyl sites for hydroxylation is 1. The number of hydrogen-bond donors (Lipinski definition) is 1. The van der Waals surface area contributed by atoms with Gasteiger partial charge in [-0.2, -0.15) is 0 Å². The van der Waals surface area contributed by atoms with Gasteiger partial charge in [0.15, 0.2) is 11.3 Å². The molecule has 1 aliphatic rings. The first kappa shape index (κ1) is 16.6. The molecule has 4 heterocycles. The highest BCUT2D eigenvalue weighted by Gasteiger charge is 2.31. The summed E-state index contributed by atoms with van der Waals surface area (Å²) in [5.41, 5.74) is 1.32. The Morgan fingerprint density at radius 3 is 3.12 bits per heavy atom. The van der Waals surface area contributed by atoms with Gasteiger partial charge in [-0.15, -0.1) is 0 Å². The number of nitrogens with one attached hydrogen (secondary N) is 1. The molecule has 0 spiro atoms. The van der Waals surface area contributed by atoms with Crippen LogP contribution >= 0.6 is 0 Å². The number of aromatic nitrogens is 4. The van der Waals surface area contributed by atoms with Gasteiger partial charge in [0, 0.05) is 37.4 Å². The minimum atomic E-state index is -0.227. The van der Waals surface area contributed by atoms with Gasteiger partial charge in [-0.1, -0.05) is 12.1 Å². The number of hydrogen-bond acceptors (Lipinski definition) is 5. The van der Waals surface area contributed by atoms with Crippen molar-refractivity contribution in [2.75, 3.05) is 6.54 Å². The number of rotatable bonds is 4. The topological polar surface area (TPSA) is 96.5 Å². The van der Waals surface area contributed by atoms with Crippen molar-refractivity contribution >= 4 is 11.6 Å². The summed E-state index contributed by atoms with van der Waals surface area (Å²) >= 11 is 0. The van der Waals surface area contributed by atoms with Crippen molar-refractivity contribution in [3.05, 3.63) is 51.9 Å². The van der Waals surface area contributed by atoms with Gasteiger partial charge in [0.25, 0.3) is 11.5 Å². The Hall–Kier alpha value is -2.90. The lowest BCUT2D eigenvalue weighted by Crippen LogP contribution is -2.39. The van der Waals surface area contributed by atoms with E-state index < -0.39 is 0 Å². The summed E-state index contributed by atoms with van der Waals surface area (Å²) in [6, 6.07) is 4.74. The predicted octanol–water partition coefficient (Wildman–Crippen LogP) is 2.33. The summed E-state index contributed by atoms with van der Waals surface area (Å²) in [5.74, 6) is 0.548. The van der Waals surface area contributed by atoms with Gasteiger partial charge >= 0.3 is 0 Å². The molecule has 0 radical (unpaired) electrons. The van der Waals surface area contributed by atoms with E-state index in [1.807, 2.05) is 6.92 Å². The quantitative estimate of drug-likeness (QED) is 0.775. The molecule has 1 saturated heterocycles. The minimum Gasteiger partial charge on any atom is -0.361 e. The molecule has 1 atom stereocenters. The summed E-state index contributed by atoms with van der Waals surface area (Å²) in [4.78, 5) is 31.6. The van der Waals surface area contributed by atoms with E-state index in [4.69, 9.17) is 4.52 Å². The second-order valence-corrected chi connectivity index (χ2v) is 6.61. The van der Waals surface area contributed by atoms with E-state index >= 15 is 0 Å². The molecule has 1 fully saturated rings. The molecule has 3 aromatic heterocycles. The smallest absolute Gasteiger partial charge is 0.276 e. The molecular weight excluding hydrogens is 334 g/mol. The fraction of sp³-hybridized carbons (Fsp3) is 0.444. The van der Waals surface area contributed by atoms with E-state index in [0.29, 0.717) is 23.6 Å². The van der Waals surface area contributed by atoms with E-state index in [2.05, 4.69) is 15.2 Å². The molecular formula is C18H21N5O3. The number of fused-ring (bicyclic) bond motifs is 1. The van der Waals surface area contributed by atoms with Crippen LogP contribution in [0.1, 0.15) is 60.6 Å². The molecule has 1 aliphatic heterocycles. The van der Waals surface area contributed by atoms with E-state index in [1.54, 1.807) is 23.2 Å². The minimum absolute atomic E-state index is 0.170. The Bertz CT molecular complexity index is 986. The zero-order valence-electron chi connectivity index (χ0n) is 14.6. The maximum Gasteiger partial charge on any atom is 0.276 e. The van der Waals surface area contributed by atoms with Crippen LogP contribution in [-0.2, 0) is 6.42 Å². The molecule has 1 amide bonds. The third kappa shape index (κ3) is 2.91. The molecule has 0 unspecified atom stereocenters. The van der Waals surface area contributed by atoms with Gasteiger partial charge in [-0.05, 0) is 25.7 Å². The number of nitrogens with zero attached hydrogens (tertiary/aromatic N) is 4. The summed E-state index contributed by atoms with van der Waals surface area (Å²) in [6.45, 7) is 2.67. The van der Waals surface area contributed by atoms with E-state index in [1.165, 1.54) is 10.6 Å². The largest absolute Gasteiger partial charge is 0.361 e. The lowest BCUT2D eigenvalue weighted by atomic mass is 9.98. The molecule has 0 saturated carbocycles. The SMILES string of the molecule is CCCc1cc(C(=O)N2CCCC[C@H]2c2cc(=O)n3[nH]ccc3n2)no1. The molecule has 0 aliphatic carbocycles. The van der Waals surface area contributed by atoms with Crippen LogP contribution < -0.4 is 5.56 Å². The lowest BCUT2D eigenvalue weighted by molar-refractivity contribution is 0.0595. The Kier molecular flexibility index (Phi) is 4.32. The highest BCUT2D eigenvalue weighted by Crippen LogP contribution is 2.30. The van der Waals surface area contributed by atoms with Crippen molar-refractivity contribution in [3.8, 4) is 0 Å². The number of H-pyrrole nitrogens is 1. The molecule has 0 bridgehead atoms. The second kappa shape index (κ2) is 6.78. The number of amides is 1. The fourth-order valence-electron chi connectivity index (χ4n) is 3.52. The first-order valence-electron chi connectivity index (χ1n) is 9.01. The number of carbonyl (C=O) groups excluding carboxylic acids is 1. The van der Waals surface area contributed by atoms with Crippen molar-refractivity contribution in [3.63, 3.8) is 0 Å². The van der Waals surface area contributed by atoms with Gasteiger partial charge in [-0.25, -0.2) is 9.50 Å². The molecule has 8 nitrogen and oxygen atoms in total. The van der Waals surface area contributed by atoms with Gasteiger partial charge in [0.2, 0.25) is 0 Å². The van der Waals surface area contributed by atoms with Crippen molar-refractivity contribution in [1.29, 1.82) is 0 Å². The molecule has 4 rings (SSSR count). The molecule has 0 aromatic carbocycles. The summed E-state index contributed by atoms with van der Waals surface area (Å²) in [7, 11) is 0. The van der Waals surface area contributed by atoms with E-state index in [-0.39, 0.29) is 17.5 Å². The third-order valence-corrected chi connectivity index (χ3v) is 4.78. The summed E-state index contributed by atoms with van der Waals surface area (Å²) < 4.78 is 6.64. The molecule has 1 N–H and O–H groups in total. The van der Waals surface area contributed by atoms with Crippen LogP contribution in [0.3, 0.4) is 0 Å². The normalized spacial score (nSPS) is 17.7. The molecule has 136 valence electrons. The van der Waals surface area contributed by atoms with Crippen LogP contribution in [0.25, 0.3) is 5.65 Å². The molecule has 8 heteroatoms. The van der Waals surface area contributed by atoms with Crippen LogP contribution in [0.2, 0.25) is 0 Å². The average Bonchev–Trinajstić information content (AvgIpc) is 3.31. The Morgan fingerprint density at radius 2 is 2.27 bits per heavy atom. The van der Waals surface area contributed by atoms with Crippen molar-refractivity contribution in [1.82, 2.24) is 24.7 Å². The zero-order valence-corrected chi connectivity index (χ0v) is 14.6. The average molecular weight is 355 g/mol. The Balaban J connectivity index is 1.66. The molecule has 3 aromatic rings. The standard InChI is InChI=1S/C18H21N5O3/c1-2-5-12-10-14(21-26-12)18(25)22-9-4-3-6-15(22)13-11-17(24)23-16(20-13)7-8-19-23/h7-8,10-11,15,19H,2-6,9H2,1H3/t15-/m0/s1. The van der Waals surface area contributed by atoms with Crippen molar-refractivity contribution in [2.45, 2.75) is 45.1 Å². The van der Waals surface area contributed by atoms with E-state index in [9.17, 15) is 9.59 Å². The first-order valence-corrected chi connectivity index (χ1v) is 9.01. The first-order chi connectivity index (χ1) is 12.7. The lowest BCUT2D eigenvalue weighted by Gasteiger charge is -2.34. The van der Waals surface area contributed by atoms with Crippen LogP contribution in [-0.4, -0.2) is 37.1 Å². The number of likely N-dealkylation sites (tertiary alicyclic amines) is 1. The number of piperidine rings is 1.